The van der Waals surface area contributed by atoms with Crippen molar-refractivity contribution in [1.82, 2.24) is 9.80 Å². The molecule has 1 aromatic rings. The third-order valence-electron chi connectivity index (χ3n) is 5.74. The molecule has 2 aliphatic heterocycles. The lowest BCUT2D eigenvalue weighted by Crippen LogP contribution is -2.55. The highest BCUT2D eigenvalue weighted by molar-refractivity contribution is 5.99. The van der Waals surface area contributed by atoms with E-state index < -0.39 is 6.04 Å². The number of amides is 4. The normalized spacial score (nSPS) is 23.9. The number of urea groups is 1. The molecule has 1 fully saturated rings. The van der Waals surface area contributed by atoms with Gasteiger partial charge in [0.1, 0.15) is 6.04 Å². The molecule has 3 atom stereocenters. The summed E-state index contributed by atoms with van der Waals surface area (Å²) in [5.74, 6) is -0.839. The van der Waals surface area contributed by atoms with Crippen molar-refractivity contribution in [2.24, 2.45) is 17.6 Å². The molecule has 0 aromatic heterocycles. The van der Waals surface area contributed by atoms with Crippen LogP contribution in [0, 0.1) is 11.8 Å². The molecule has 3 N–H and O–H groups in total. The first-order chi connectivity index (χ1) is 12.9. The highest BCUT2D eigenvalue weighted by Gasteiger charge is 2.39. The second-order valence-electron chi connectivity index (χ2n) is 7.57. The number of hydrogen-bond donors (Lipinski definition) is 2. The number of fused-ring (bicyclic) bond motifs is 1. The predicted molar refractivity (Wildman–Crippen MR) is 103 cm³/mol. The van der Waals surface area contributed by atoms with Crippen LogP contribution in [-0.4, -0.2) is 46.8 Å². The second kappa shape index (κ2) is 7.98. The minimum Gasteiger partial charge on any atom is -0.369 e. The van der Waals surface area contributed by atoms with E-state index in [4.69, 9.17) is 5.73 Å². The minimum absolute atomic E-state index is 0.0139. The molecular formula is C20H28N4O3. The van der Waals surface area contributed by atoms with Gasteiger partial charge < -0.3 is 20.9 Å². The number of carbonyl (C=O) groups excluding carboxylic acids is 3. The lowest BCUT2D eigenvalue weighted by atomic mass is 9.96. The Hall–Kier alpha value is -2.57. The first-order valence-corrected chi connectivity index (χ1v) is 9.66. The number of primary amides is 1. The van der Waals surface area contributed by atoms with Crippen LogP contribution in [-0.2, 0) is 16.1 Å². The topological polar surface area (TPSA) is 95.7 Å². The van der Waals surface area contributed by atoms with Gasteiger partial charge in [-0.25, -0.2) is 4.79 Å². The van der Waals surface area contributed by atoms with Crippen molar-refractivity contribution in [3.63, 3.8) is 0 Å². The molecular weight excluding hydrogens is 344 g/mol. The Bertz CT molecular complexity index is 736. The third-order valence-corrected chi connectivity index (χ3v) is 5.74. The second-order valence-corrected chi connectivity index (χ2v) is 7.57. The number of hydrogen-bond acceptors (Lipinski definition) is 3. The summed E-state index contributed by atoms with van der Waals surface area (Å²) >= 11 is 0. The van der Waals surface area contributed by atoms with Crippen LogP contribution in [0.3, 0.4) is 0 Å². The molecule has 0 bridgehead atoms. The fourth-order valence-electron chi connectivity index (χ4n) is 3.95. The van der Waals surface area contributed by atoms with Gasteiger partial charge in [0.25, 0.3) is 0 Å². The van der Waals surface area contributed by atoms with Gasteiger partial charge in [0, 0.05) is 18.8 Å². The molecule has 0 radical (unpaired) electrons. The van der Waals surface area contributed by atoms with Crippen LogP contribution in [0.4, 0.5) is 10.5 Å². The first-order valence-electron chi connectivity index (χ1n) is 9.66. The molecule has 1 saturated heterocycles. The number of piperidine rings is 1. The maximum atomic E-state index is 13.4. The van der Waals surface area contributed by atoms with Gasteiger partial charge in [-0.2, -0.15) is 0 Å². The zero-order valence-corrected chi connectivity index (χ0v) is 16.0. The monoisotopic (exact) mass is 372 g/mol. The Kier molecular flexibility index (Phi) is 5.68. The van der Waals surface area contributed by atoms with Crippen LogP contribution in [0.5, 0.6) is 0 Å². The number of nitrogens with two attached hydrogens (primary N) is 1. The first kappa shape index (κ1) is 19.2. The van der Waals surface area contributed by atoms with Crippen LogP contribution >= 0.6 is 0 Å². The summed E-state index contributed by atoms with van der Waals surface area (Å²) in [4.78, 5) is 41.3. The summed E-state index contributed by atoms with van der Waals surface area (Å²) in [5, 5.41) is 2.98. The molecule has 4 amide bonds. The maximum Gasteiger partial charge on any atom is 0.321 e. The number of nitrogens with one attached hydrogen (secondary N) is 1. The molecule has 2 aliphatic rings. The number of likely N-dealkylation sites (tertiary alicyclic amines) is 1. The van der Waals surface area contributed by atoms with Crippen molar-refractivity contribution < 1.29 is 14.4 Å². The molecule has 7 nitrogen and oxygen atoms in total. The Labute approximate surface area is 159 Å². The number of anilines is 1. The molecule has 0 aliphatic carbocycles. The molecule has 0 spiro atoms. The largest absolute Gasteiger partial charge is 0.369 e. The van der Waals surface area contributed by atoms with Crippen LogP contribution in [0.15, 0.2) is 24.3 Å². The molecule has 0 saturated carbocycles. The van der Waals surface area contributed by atoms with Gasteiger partial charge in [-0.3, -0.25) is 9.59 Å². The number of rotatable bonds is 3. The average Bonchev–Trinajstić information content (AvgIpc) is 2.82. The predicted octanol–water partition coefficient (Wildman–Crippen LogP) is 2.17. The zero-order chi connectivity index (χ0) is 19.6. The van der Waals surface area contributed by atoms with E-state index in [0.717, 1.165) is 24.1 Å². The summed E-state index contributed by atoms with van der Waals surface area (Å²) in [5.41, 5.74) is 7.12. The lowest BCUT2D eigenvalue weighted by Gasteiger charge is -2.39. The Morgan fingerprint density at radius 1 is 1.33 bits per heavy atom. The number of nitrogens with zero attached hydrogens (tertiary/aromatic N) is 2. The standard InChI is InChI=1S/C20H28N4O3/c1-3-13(2)17-19(26)22-16-9-5-4-7-14(16)12-24(17)20(27)23-10-6-8-15(11-23)18(21)25/h4-5,7,9,13,15,17H,3,6,8,10-12H2,1-2H3,(H2,21,25)(H,22,26)/t13-,15?,17-/m0/s1. The van der Waals surface area contributed by atoms with E-state index in [0.29, 0.717) is 26.1 Å². The van der Waals surface area contributed by atoms with Crippen molar-refractivity contribution in [3.8, 4) is 0 Å². The molecule has 1 aromatic carbocycles. The fraction of sp³-hybridized carbons (Fsp3) is 0.550. The van der Waals surface area contributed by atoms with Crippen LogP contribution in [0.1, 0.15) is 38.7 Å². The van der Waals surface area contributed by atoms with E-state index >= 15 is 0 Å². The molecule has 2 heterocycles. The molecule has 27 heavy (non-hydrogen) atoms. The number of carbonyl (C=O) groups is 3. The van der Waals surface area contributed by atoms with Crippen molar-refractivity contribution in [2.45, 2.75) is 45.7 Å². The van der Waals surface area contributed by atoms with Gasteiger partial charge in [-0.1, -0.05) is 38.5 Å². The van der Waals surface area contributed by atoms with Gasteiger partial charge in [-0.05, 0) is 30.4 Å². The smallest absolute Gasteiger partial charge is 0.321 e. The zero-order valence-electron chi connectivity index (χ0n) is 16.0. The highest BCUT2D eigenvalue weighted by Crippen LogP contribution is 2.29. The third kappa shape index (κ3) is 3.91. The Morgan fingerprint density at radius 2 is 2.07 bits per heavy atom. The Balaban J connectivity index is 1.91. The van der Waals surface area contributed by atoms with Gasteiger partial charge in [0.2, 0.25) is 11.8 Å². The molecule has 7 heteroatoms. The summed E-state index contributed by atoms with van der Waals surface area (Å²) in [7, 11) is 0. The van der Waals surface area contributed by atoms with Crippen molar-refractivity contribution in [2.75, 3.05) is 18.4 Å². The van der Waals surface area contributed by atoms with Crippen molar-refractivity contribution in [3.05, 3.63) is 29.8 Å². The average molecular weight is 372 g/mol. The Morgan fingerprint density at radius 3 is 2.78 bits per heavy atom. The molecule has 1 unspecified atom stereocenters. The van der Waals surface area contributed by atoms with E-state index in [-0.39, 0.29) is 29.7 Å². The number of para-hydroxylation sites is 1. The van der Waals surface area contributed by atoms with Gasteiger partial charge >= 0.3 is 6.03 Å². The number of benzene rings is 1. The van der Waals surface area contributed by atoms with Gasteiger partial charge in [0.15, 0.2) is 0 Å². The van der Waals surface area contributed by atoms with E-state index in [9.17, 15) is 14.4 Å². The van der Waals surface area contributed by atoms with Crippen LogP contribution in [0.25, 0.3) is 0 Å². The SMILES string of the molecule is CC[C@H](C)[C@H]1C(=O)Nc2ccccc2CN1C(=O)N1CCCC(C(N)=O)C1. The molecule has 146 valence electrons. The van der Waals surface area contributed by atoms with E-state index in [2.05, 4.69) is 5.32 Å². The van der Waals surface area contributed by atoms with Crippen molar-refractivity contribution in [1.29, 1.82) is 0 Å². The van der Waals surface area contributed by atoms with Crippen LogP contribution < -0.4 is 11.1 Å². The maximum absolute atomic E-state index is 13.4. The minimum atomic E-state index is -0.552. The van der Waals surface area contributed by atoms with Crippen molar-refractivity contribution >= 4 is 23.5 Å². The van der Waals surface area contributed by atoms with E-state index in [1.54, 1.807) is 9.80 Å². The van der Waals surface area contributed by atoms with Gasteiger partial charge in [-0.15, -0.1) is 0 Å². The lowest BCUT2D eigenvalue weighted by molar-refractivity contribution is -0.124. The van der Waals surface area contributed by atoms with Crippen LogP contribution in [0.2, 0.25) is 0 Å². The summed E-state index contributed by atoms with van der Waals surface area (Å²) in [6.45, 7) is 5.27. The molecule has 3 rings (SSSR count). The van der Waals surface area contributed by atoms with E-state index in [1.807, 2.05) is 38.1 Å². The highest BCUT2D eigenvalue weighted by atomic mass is 16.2. The summed E-state index contributed by atoms with van der Waals surface area (Å²) in [6, 6.07) is 6.82. The summed E-state index contributed by atoms with van der Waals surface area (Å²) < 4.78 is 0. The van der Waals surface area contributed by atoms with E-state index in [1.165, 1.54) is 0 Å². The fourth-order valence-corrected chi connectivity index (χ4v) is 3.95. The summed E-state index contributed by atoms with van der Waals surface area (Å²) in [6.07, 6.45) is 2.23. The van der Waals surface area contributed by atoms with Gasteiger partial charge in [0.05, 0.1) is 12.5 Å². The quantitative estimate of drug-likeness (QED) is 0.851.